The minimum atomic E-state index is 0.315. The average molecular weight is 322 g/mol. The first-order valence-corrected chi connectivity index (χ1v) is 7.41. The minimum absolute atomic E-state index is 0.315. The highest BCUT2D eigenvalue weighted by atomic mass is 16.4. The van der Waals surface area contributed by atoms with Crippen molar-refractivity contribution in [2.24, 2.45) is 0 Å². The molecular weight excluding hydrogens is 308 g/mol. The number of aromatic nitrogens is 3. The van der Waals surface area contributed by atoms with Crippen LogP contribution in [0.4, 0.5) is 6.01 Å². The smallest absolute Gasteiger partial charge is 0.316 e. The molecule has 0 spiro atoms. The summed E-state index contributed by atoms with van der Waals surface area (Å²) in [7, 11) is 0. The minimum Gasteiger partial charge on any atom is -0.469 e. The van der Waals surface area contributed by atoms with Gasteiger partial charge in [-0.15, -0.1) is 5.10 Å². The molecule has 3 aromatic heterocycles. The van der Waals surface area contributed by atoms with Crippen LogP contribution in [0.25, 0.3) is 22.9 Å². The number of hydrogen-bond donors (Lipinski definition) is 1. The van der Waals surface area contributed by atoms with Crippen molar-refractivity contribution in [1.82, 2.24) is 15.2 Å². The monoisotopic (exact) mass is 322 g/mol. The maximum atomic E-state index is 5.57. The summed E-state index contributed by atoms with van der Waals surface area (Å²) < 4.78 is 16.3. The average Bonchev–Trinajstić information content (AvgIpc) is 3.34. The van der Waals surface area contributed by atoms with Gasteiger partial charge < -0.3 is 18.6 Å². The zero-order valence-corrected chi connectivity index (χ0v) is 12.9. The Balaban J connectivity index is 1.44. The van der Waals surface area contributed by atoms with Crippen molar-refractivity contribution in [3.05, 3.63) is 60.4 Å². The van der Waals surface area contributed by atoms with Gasteiger partial charge in [0.25, 0.3) is 5.89 Å². The largest absolute Gasteiger partial charge is 0.469 e. The van der Waals surface area contributed by atoms with Crippen molar-refractivity contribution in [3.8, 4) is 22.9 Å². The van der Waals surface area contributed by atoms with Gasteiger partial charge in [-0.3, -0.25) is 0 Å². The molecule has 3 heterocycles. The van der Waals surface area contributed by atoms with Crippen LogP contribution in [0.5, 0.6) is 0 Å². The second-order valence-corrected chi connectivity index (χ2v) is 5.17. The fourth-order valence-corrected chi connectivity index (χ4v) is 2.28. The van der Waals surface area contributed by atoms with Gasteiger partial charge >= 0.3 is 6.01 Å². The molecule has 1 aromatic carbocycles. The lowest BCUT2D eigenvalue weighted by atomic mass is 10.2. The molecule has 1 N–H and O–H groups in total. The molecule has 24 heavy (non-hydrogen) atoms. The predicted molar refractivity (Wildman–Crippen MR) is 86.0 cm³/mol. The molecule has 7 heteroatoms. The summed E-state index contributed by atoms with van der Waals surface area (Å²) in [5.41, 5.74) is 2.45. The molecule has 0 fully saturated rings. The zero-order chi connectivity index (χ0) is 16.4. The van der Waals surface area contributed by atoms with E-state index in [1.54, 1.807) is 18.6 Å². The fraction of sp³-hybridized carbons (Fsp3) is 0.118. The van der Waals surface area contributed by atoms with Crippen molar-refractivity contribution in [2.75, 3.05) is 5.32 Å². The summed E-state index contributed by atoms with van der Waals surface area (Å²) in [5.74, 6) is 1.72. The van der Waals surface area contributed by atoms with Crippen molar-refractivity contribution in [1.29, 1.82) is 0 Å². The number of furan rings is 1. The van der Waals surface area contributed by atoms with E-state index in [4.69, 9.17) is 13.3 Å². The normalized spacial score (nSPS) is 10.9. The van der Waals surface area contributed by atoms with Crippen molar-refractivity contribution >= 4 is 6.01 Å². The third-order valence-electron chi connectivity index (χ3n) is 3.51. The maximum absolute atomic E-state index is 5.57. The van der Waals surface area contributed by atoms with Crippen LogP contribution >= 0.6 is 0 Å². The summed E-state index contributed by atoms with van der Waals surface area (Å²) in [4.78, 5) is 4.43. The molecule has 0 aliphatic rings. The van der Waals surface area contributed by atoms with E-state index in [1.165, 1.54) is 0 Å². The predicted octanol–water partition coefficient (Wildman–Crippen LogP) is 3.91. The number of oxazole rings is 1. The van der Waals surface area contributed by atoms with E-state index in [0.29, 0.717) is 24.3 Å². The molecule has 4 rings (SSSR count). The van der Waals surface area contributed by atoms with Crippen LogP contribution in [0.1, 0.15) is 11.5 Å². The maximum Gasteiger partial charge on any atom is 0.316 e. The van der Waals surface area contributed by atoms with Crippen molar-refractivity contribution in [3.63, 3.8) is 0 Å². The van der Waals surface area contributed by atoms with Crippen molar-refractivity contribution in [2.45, 2.75) is 13.5 Å². The van der Waals surface area contributed by atoms with Gasteiger partial charge in [0.1, 0.15) is 12.0 Å². The zero-order valence-electron chi connectivity index (χ0n) is 12.9. The summed E-state index contributed by atoms with van der Waals surface area (Å²) in [5, 5.41) is 11.0. The Kier molecular flexibility index (Phi) is 3.59. The molecule has 4 aromatic rings. The number of aryl methyl sites for hydroxylation is 1. The SMILES string of the molecule is Cc1occc1-c1nnc(NCc2coc(-c3ccccc3)n2)o1. The summed E-state index contributed by atoms with van der Waals surface area (Å²) >= 11 is 0. The Morgan fingerprint density at radius 2 is 1.88 bits per heavy atom. The van der Waals surface area contributed by atoms with Gasteiger partial charge in [0.2, 0.25) is 5.89 Å². The van der Waals surface area contributed by atoms with Crippen LogP contribution in [0.2, 0.25) is 0 Å². The quantitative estimate of drug-likeness (QED) is 0.595. The third kappa shape index (κ3) is 2.79. The molecule has 0 unspecified atom stereocenters. The molecule has 0 aliphatic carbocycles. The topological polar surface area (TPSA) is 90.1 Å². The molecule has 0 saturated heterocycles. The van der Waals surface area contributed by atoms with Crippen LogP contribution in [0, 0.1) is 6.92 Å². The molecule has 120 valence electrons. The molecule has 7 nitrogen and oxygen atoms in total. The van der Waals surface area contributed by atoms with Gasteiger partial charge in [-0.25, -0.2) is 4.98 Å². The van der Waals surface area contributed by atoms with E-state index >= 15 is 0 Å². The lowest BCUT2D eigenvalue weighted by molar-refractivity contribution is 0.530. The summed E-state index contributed by atoms with van der Waals surface area (Å²) in [6.07, 6.45) is 3.19. The molecule has 0 bridgehead atoms. The van der Waals surface area contributed by atoms with Gasteiger partial charge in [-0.2, -0.15) is 0 Å². The van der Waals surface area contributed by atoms with Crippen LogP contribution in [0.15, 0.2) is 62.2 Å². The van der Waals surface area contributed by atoms with Gasteiger partial charge in [0, 0.05) is 5.56 Å². The second kappa shape index (κ2) is 6.04. The number of hydrogen-bond acceptors (Lipinski definition) is 7. The number of benzene rings is 1. The number of anilines is 1. The Hall–Kier alpha value is -3.35. The Labute approximate surface area is 137 Å². The molecule has 0 amide bonds. The van der Waals surface area contributed by atoms with E-state index in [-0.39, 0.29) is 0 Å². The Morgan fingerprint density at radius 3 is 2.67 bits per heavy atom. The Bertz CT molecular complexity index is 940. The fourth-order valence-electron chi connectivity index (χ4n) is 2.28. The second-order valence-electron chi connectivity index (χ2n) is 5.17. The Morgan fingerprint density at radius 1 is 1.00 bits per heavy atom. The lowest BCUT2D eigenvalue weighted by Gasteiger charge is -1.96. The van der Waals surface area contributed by atoms with Gasteiger partial charge in [0.15, 0.2) is 0 Å². The van der Waals surface area contributed by atoms with Crippen LogP contribution in [-0.2, 0) is 6.54 Å². The van der Waals surface area contributed by atoms with E-state index in [2.05, 4.69) is 20.5 Å². The molecule has 0 aliphatic heterocycles. The van der Waals surface area contributed by atoms with Crippen LogP contribution < -0.4 is 5.32 Å². The number of nitrogens with zero attached hydrogens (tertiary/aromatic N) is 3. The standard InChI is InChI=1S/C17H14N4O3/c1-11-14(7-8-22-11)16-20-21-17(24-16)18-9-13-10-23-15(19-13)12-5-3-2-4-6-12/h2-8,10H,9H2,1H3,(H,18,21). The molecular formula is C17H14N4O3. The van der Waals surface area contributed by atoms with Gasteiger partial charge in [-0.1, -0.05) is 23.3 Å². The molecule has 0 atom stereocenters. The summed E-state index contributed by atoms with van der Waals surface area (Å²) in [6, 6.07) is 11.8. The summed E-state index contributed by atoms with van der Waals surface area (Å²) in [6.45, 7) is 2.26. The molecule has 0 saturated carbocycles. The first kappa shape index (κ1) is 14.3. The van der Waals surface area contributed by atoms with E-state index < -0.39 is 0 Å². The van der Waals surface area contributed by atoms with Gasteiger partial charge in [0.05, 0.1) is 24.1 Å². The third-order valence-corrected chi connectivity index (χ3v) is 3.51. The number of rotatable bonds is 5. The first-order valence-electron chi connectivity index (χ1n) is 7.41. The molecule has 0 radical (unpaired) electrons. The van der Waals surface area contributed by atoms with Crippen LogP contribution in [0.3, 0.4) is 0 Å². The van der Waals surface area contributed by atoms with E-state index in [9.17, 15) is 0 Å². The highest BCUT2D eigenvalue weighted by Crippen LogP contribution is 2.24. The van der Waals surface area contributed by atoms with Gasteiger partial charge in [-0.05, 0) is 25.1 Å². The lowest BCUT2D eigenvalue weighted by Crippen LogP contribution is -1.99. The van der Waals surface area contributed by atoms with E-state index in [1.807, 2.05) is 37.3 Å². The highest BCUT2D eigenvalue weighted by molar-refractivity contribution is 5.55. The highest BCUT2D eigenvalue weighted by Gasteiger charge is 2.13. The van der Waals surface area contributed by atoms with E-state index in [0.717, 1.165) is 22.6 Å². The van der Waals surface area contributed by atoms with Crippen molar-refractivity contribution < 1.29 is 13.3 Å². The number of nitrogens with one attached hydrogen (secondary N) is 1. The van der Waals surface area contributed by atoms with Crippen LogP contribution in [-0.4, -0.2) is 15.2 Å². The first-order chi connectivity index (χ1) is 11.8.